The van der Waals surface area contributed by atoms with Crippen LogP contribution in [-0.2, 0) is 6.18 Å². The highest BCUT2D eigenvalue weighted by Gasteiger charge is 2.34. The summed E-state index contributed by atoms with van der Waals surface area (Å²) in [6.07, 6.45) is -3.11. The number of aryl methyl sites for hydroxylation is 1. The van der Waals surface area contributed by atoms with Crippen LogP contribution in [0.5, 0.6) is 0 Å². The van der Waals surface area contributed by atoms with Crippen molar-refractivity contribution in [3.63, 3.8) is 0 Å². The van der Waals surface area contributed by atoms with E-state index in [1.54, 1.807) is 6.92 Å². The van der Waals surface area contributed by atoms with E-state index in [4.69, 9.17) is 16.0 Å². The van der Waals surface area contributed by atoms with E-state index < -0.39 is 11.7 Å². The fraction of sp³-hybridized carbons (Fsp3) is 0.182. The topological polar surface area (TPSA) is 26.0 Å². The smallest absolute Gasteiger partial charge is 0.417 e. The lowest BCUT2D eigenvalue weighted by molar-refractivity contribution is -0.137. The zero-order valence-electron chi connectivity index (χ0n) is 8.68. The van der Waals surface area contributed by atoms with E-state index in [1.807, 2.05) is 0 Å². The predicted molar refractivity (Wildman–Crippen MR) is 56.7 cm³/mol. The normalized spacial score (nSPS) is 11.8. The van der Waals surface area contributed by atoms with E-state index in [-0.39, 0.29) is 16.5 Å². The molecular weight excluding hydrogens is 255 g/mol. The van der Waals surface area contributed by atoms with Crippen LogP contribution in [0.15, 0.2) is 28.8 Å². The third-order valence-electron chi connectivity index (χ3n) is 2.14. The van der Waals surface area contributed by atoms with Crippen LogP contribution in [0.2, 0.25) is 5.02 Å². The molecule has 1 heterocycles. The van der Waals surface area contributed by atoms with E-state index in [2.05, 4.69) is 4.98 Å². The quantitative estimate of drug-likeness (QED) is 0.764. The second kappa shape index (κ2) is 4.07. The average Bonchev–Trinajstić information content (AvgIpc) is 2.62. The molecule has 0 spiro atoms. The molecule has 17 heavy (non-hydrogen) atoms. The first kappa shape index (κ1) is 12.0. The minimum atomic E-state index is -4.47. The van der Waals surface area contributed by atoms with Crippen molar-refractivity contribution >= 4 is 11.6 Å². The second-order valence-corrected chi connectivity index (χ2v) is 3.90. The van der Waals surface area contributed by atoms with Crippen molar-refractivity contribution in [2.75, 3.05) is 0 Å². The molecule has 0 fully saturated rings. The Labute approximate surface area is 100 Å². The average molecular weight is 262 g/mol. The van der Waals surface area contributed by atoms with Crippen molar-refractivity contribution in [3.8, 4) is 11.5 Å². The molecule has 0 saturated carbocycles. The number of hydrogen-bond donors (Lipinski definition) is 0. The van der Waals surface area contributed by atoms with Gasteiger partial charge in [0, 0.05) is 5.02 Å². The molecule has 0 radical (unpaired) electrons. The molecule has 0 atom stereocenters. The van der Waals surface area contributed by atoms with Gasteiger partial charge in [0.25, 0.3) is 0 Å². The summed E-state index contributed by atoms with van der Waals surface area (Å²) in [6, 6.07) is 3.29. The lowest BCUT2D eigenvalue weighted by Gasteiger charge is -2.10. The van der Waals surface area contributed by atoms with Gasteiger partial charge in [-0.15, -0.1) is 0 Å². The van der Waals surface area contributed by atoms with Crippen LogP contribution in [0.25, 0.3) is 11.5 Å². The summed E-state index contributed by atoms with van der Waals surface area (Å²) in [6.45, 7) is 1.61. The SMILES string of the molecule is Cc1cnc(-c2cc(Cl)ccc2C(F)(F)F)o1. The molecule has 0 unspecified atom stereocenters. The molecule has 6 heteroatoms. The van der Waals surface area contributed by atoms with E-state index in [9.17, 15) is 13.2 Å². The van der Waals surface area contributed by atoms with Crippen molar-refractivity contribution in [2.24, 2.45) is 0 Å². The maximum Gasteiger partial charge on any atom is 0.417 e. The lowest BCUT2D eigenvalue weighted by atomic mass is 10.1. The van der Waals surface area contributed by atoms with E-state index in [0.717, 1.165) is 6.07 Å². The summed E-state index contributed by atoms with van der Waals surface area (Å²) in [7, 11) is 0. The highest BCUT2D eigenvalue weighted by molar-refractivity contribution is 6.30. The number of halogens is 4. The molecular formula is C11H7ClF3NO. The van der Waals surface area contributed by atoms with Crippen molar-refractivity contribution < 1.29 is 17.6 Å². The van der Waals surface area contributed by atoms with E-state index in [0.29, 0.717) is 5.76 Å². The lowest BCUT2D eigenvalue weighted by Crippen LogP contribution is -2.07. The highest BCUT2D eigenvalue weighted by atomic mass is 35.5. The molecule has 0 bridgehead atoms. The molecule has 2 aromatic rings. The van der Waals surface area contributed by atoms with Gasteiger partial charge in [0.2, 0.25) is 5.89 Å². The van der Waals surface area contributed by atoms with Crippen LogP contribution in [0.1, 0.15) is 11.3 Å². The monoisotopic (exact) mass is 261 g/mol. The Bertz CT molecular complexity index is 548. The zero-order chi connectivity index (χ0) is 12.6. The number of hydrogen-bond acceptors (Lipinski definition) is 2. The summed E-state index contributed by atoms with van der Waals surface area (Å²) in [5.74, 6) is 0.352. The van der Waals surface area contributed by atoms with E-state index >= 15 is 0 Å². The molecule has 1 aromatic carbocycles. The largest absolute Gasteiger partial charge is 0.441 e. The Hall–Kier alpha value is -1.49. The third kappa shape index (κ3) is 2.44. The molecule has 0 N–H and O–H groups in total. The number of rotatable bonds is 1. The Balaban J connectivity index is 2.63. The maximum absolute atomic E-state index is 12.8. The molecule has 0 aliphatic rings. The number of aromatic nitrogens is 1. The number of oxazole rings is 1. The molecule has 0 amide bonds. The minimum absolute atomic E-state index is 0.0858. The summed E-state index contributed by atoms with van der Waals surface area (Å²) >= 11 is 5.69. The number of alkyl halides is 3. The minimum Gasteiger partial charge on any atom is -0.441 e. The summed E-state index contributed by atoms with van der Waals surface area (Å²) in [5.41, 5.74) is -0.971. The van der Waals surface area contributed by atoms with Crippen LogP contribution in [-0.4, -0.2) is 4.98 Å². The van der Waals surface area contributed by atoms with Crippen molar-refractivity contribution in [3.05, 3.63) is 40.7 Å². The van der Waals surface area contributed by atoms with Crippen LogP contribution in [0.3, 0.4) is 0 Å². The van der Waals surface area contributed by atoms with Gasteiger partial charge in [0.1, 0.15) is 5.76 Å². The number of nitrogens with zero attached hydrogens (tertiary/aromatic N) is 1. The Morgan fingerprint density at radius 2 is 2.00 bits per heavy atom. The molecule has 90 valence electrons. The van der Waals surface area contributed by atoms with Gasteiger partial charge in [0.05, 0.1) is 17.3 Å². The molecule has 0 aliphatic heterocycles. The van der Waals surface area contributed by atoms with Gasteiger partial charge in [-0.3, -0.25) is 0 Å². The van der Waals surface area contributed by atoms with Gasteiger partial charge >= 0.3 is 6.18 Å². The van der Waals surface area contributed by atoms with Crippen LogP contribution >= 0.6 is 11.6 Å². The standard InChI is InChI=1S/C11H7ClF3NO/c1-6-5-16-10(17-6)8-4-7(12)2-3-9(8)11(13,14)15/h2-5H,1H3. The van der Waals surface area contributed by atoms with Crippen molar-refractivity contribution in [1.29, 1.82) is 0 Å². The fourth-order valence-corrected chi connectivity index (χ4v) is 1.59. The Morgan fingerprint density at radius 3 is 2.53 bits per heavy atom. The molecule has 0 aliphatic carbocycles. The van der Waals surface area contributed by atoms with Gasteiger partial charge in [-0.05, 0) is 25.1 Å². The van der Waals surface area contributed by atoms with Crippen molar-refractivity contribution in [2.45, 2.75) is 13.1 Å². The van der Waals surface area contributed by atoms with Gasteiger partial charge in [-0.25, -0.2) is 4.98 Å². The molecule has 2 rings (SSSR count). The molecule has 0 saturated heterocycles. The number of benzene rings is 1. The van der Waals surface area contributed by atoms with Gasteiger partial charge in [-0.2, -0.15) is 13.2 Å². The predicted octanol–water partition coefficient (Wildman–Crippen LogP) is 4.32. The summed E-state index contributed by atoms with van der Waals surface area (Å²) < 4.78 is 43.4. The highest BCUT2D eigenvalue weighted by Crippen LogP contribution is 2.38. The summed E-state index contributed by atoms with van der Waals surface area (Å²) in [4.78, 5) is 3.78. The third-order valence-corrected chi connectivity index (χ3v) is 2.37. The van der Waals surface area contributed by atoms with Crippen LogP contribution < -0.4 is 0 Å². The summed E-state index contributed by atoms with van der Waals surface area (Å²) in [5, 5.41) is 0.198. The first-order valence-electron chi connectivity index (χ1n) is 4.67. The first-order valence-corrected chi connectivity index (χ1v) is 5.05. The van der Waals surface area contributed by atoms with Gasteiger partial charge < -0.3 is 4.42 Å². The first-order chi connectivity index (χ1) is 7.88. The maximum atomic E-state index is 12.8. The van der Waals surface area contributed by atoms with Gasteiger partial charge in [-0.1, -0.05) is 11.6 Å². The zero-order valence-corrected chi connectivity index (χ0v) is 9.43. The van der Waals surface area contributed by atoms with Crippen molar-refractivity contribution in [1.82, 2.24) is 4.98 Å². The second-order valence-electron chi connectivity index (χ2n) is 3.46. The van der Waals surface area contributed by atoms with E-state index in [1.165, 1.54) is 18.3 Å². The Kier molecular flexibility index (Phi) is 2.87. The molecule has 1 aromatic heterocycles. The van der Waals surface area contributed by atoms with Gasteiger partial charge in [0.15, 0.2) is 0 Å². The van der Waals surface area contributed by atoms with Crippen LogP contribution in [0, 0.1) is 6.92 Å². The molecule has 2 nitrogen and oxygen atoms in total. The fourth-order valence-electron chi connectivity index (χ4n) is 1.42. The van der Waals surface area contributed by atoms with Crippen LogP contribution in [0.4, 0.5) is 13.2 Å². The Morgan fingerprint density at radius 1 is 1.29 bits per heavy atom.